The van der Waals surface area contributed by atoms with Gasteiger partial charge in [0, 0.05) is 5.92 Å². The van der Waals surface area contributed by atoms with E-state index < -0.39 is 30.5 Å². The topological polar surface area (TPSA) is 102 Å². The minimum absolute atomic E-state index is 0.0582. The lowest BCUT2D eigenvalue weighted by Crippen LogP contribution is -2.43. The van der Waals surface area contributed by atoms with Crippen LogP contribution in [0.25, 0.3) is 11.1 Å². The summed E-state index contributed by atoms with van der Waals surface area (Å²) >= 11 is 0. The van der Waals surface area contributed by atoms with Gasteiger partial charge >= 0.3 is 18.0 Å². The number of aliphatic carboxylic acids is 1. The summed E-state index contributed by atoms with van der Waals surface area (Å²) in [6.45, 7) is 3.38. The summed E-state index contributed by atoms with van der Waals surface area (Å²) in [6, 6.07) is 14.4. The Labute approximate surface area is 168 Å². The fourth-order valence-electron chi connectivity index (χ4n) is 3.46. The number of alkyl carbamates (subject to hydrolysis) is 1. The van der Waals surface area contributed by atoms with E-state index in [1.165, 1.54) is 0 Å². The van der Waals surface area contributed by atoms with E-state index in [1.807, 2.05) is 48.5 Å². The molecular weight excluding hydrogens is 374 g/mol. The quantitative estimate of drug-likeness (QED) is 0.695. The Bertz CT molecular complexity index is 878. The van der Waals surface area contributed by atoms with Gasteiger partial charge in [-0.05, 0) is 36.1 Å². The van der Waals surface area contributed by atoms with Crippen LogP contribution in [0.1, 0.15) is 37.3 Å². The highest BCUT2D eigenvalue weighted by atomic mass is 16.6. The molecule has 0 fully saturated rings. The normalized spacial score (nSPS) is 13.3. The van der Waals surface area contributed by atoms with E-state index in [-0.39, 0.29) is 18.6 Å². The first kappa shape index (κ1) is 20.4. The summed E-state index contributed by atoms with van der Waals surface area (Å²) < 4.78 is 10.3. The third kappa shape index (κ3) is 4.74. The van der Waals surface area contributed by atoms with Crippen molar-refractivity contribution in [2.75, 3.05) is 6.61 Å². The summed E-state index contributed by atoms with van der Waals surface area (Å²) in [5.74, 6) is -2.17. The smallest absolute Gasteiger partial charge is 0.407 e. The van der Waals surface area contributed by atoms with Gasteiger partial charge in [-0.15, -0.1) is 0 Å². The maximum absolute atomic E-state index is 12.2. The van der Waals surface area contributed by atoms with Crippen LogP contribution < -0.4 is 5.32 Å². The highest BCUT2D eigenvalue weighted by molar-refractivity contribution is 5.85. The first-order valence-electron chi connectivity index (χ1n) is 9.40. The molecule has 29 heavy (non-hydrogen) atoms. The number of carboxylic acid groups (broad SMARTS) is 1. The largest absolute Gasteiger partial charge is 0.480 e. The molecular formula is C22H23NO6. The molecule has 1 aliphatic rings. The molecule has 0 heterocycles. The van der Waals surface area contributed by atoms with Gasteiger partial charge in [-0.2, -0.15) is 0 Å². The van der Waals surface area contributed by atoms with Crippen LogP contribution in [0, 0.1) is 0 Å². The van der Waals surface area contributed by atoms with Gasteiger partial charge in [-0.3, -0.25) is 4.79 Å². The number of ether oxygens (including phenoxy) is 2. The summed E-state index contributed by atoms with van der Waals surface area (Å²) in [5, 5.41) is 11.5. The van der Waals surface area contributed by atoms with Crippen molar-refractivity contribution in [3.05, 3.63) is 59.7 Å². The molecule has 7 heteroatoms. The Morgan fingerprint density at radius 1 is 1.00 bits per heavy atom. The van der Waals surface area contributed by atoms with Crippen molar-refractivity contribution >= 4 is 18.0 Å². The maximum Gasteiger partial charge on any atom is 0.407 e. The molecule has 0 spiro atoms. The second-order valence-corrected chi connectivity index (χ2v) is 7.10. The van der Waals surface area contributed by atoms with Crippen molar-refractivity contribution in [2.45, 2.75) is 38.3 Å². The Hall–Kier alpha value is -3.35. The molecule has 0 saturated carbocycles. The molecule has 0 bridgehead atoms. The predicted molar refractivity (Wildman–Crippen MR) is 105 cm³/mol. The van der Waals surface area contributed by atoms with Gasteiger partial charge < -0.3 is 19.9 Å². The van der Waals surface area contributed by atoms with Gasteiger partial charge in [0.25, 0.3) is 0 Å². The highest BCUT2D eigenvalue weighted by Crippen LogP contribution is 2.44. The second kappa shape index (κ2) is 8.77. The lowest BCUT2D eigenvalue weighted by molar-refractivity contribution is -0.152. The summed E-state index contributed by atoms with van der Waals surface area (Å²) in [6.07, 6.45) is -1.74. The number of amides is 1. The number of esters is 1. The van der Waals surface area contributed by atoms with Crippen LogP contribution in [-0.4, -0.2) is 41.9 Å². The van der Waals surface area contributed by atoms with Crippen molar-refractivity contribution < 1.29 is 29.0 Å². The third-order valence-electron chi connectivity index (χ3n) is 4.67. The summed E-state index contributed by atoms with van der Waals surface area (Å²) in [7, 11) is 0. The van der Waals surface area contributed by atoms with Crippen molar-refractivity contribution in [1.82, 2.24) is 5.32 Å². The first-order valence-corrected chi connectivity index (χ1v) is 9.40. The van der Waals surface area contributed by atoms with Crippen LogP contribution in [0.2, 0.25) is 0 Å². The molecule has 1 aliphatic carbocycles. The molecule has 2 aromatic carbocycles. The molecule has 2 aromatic rings. The van der Waals surface area contributed by atoms with E-state index in [0.717, 1.165) is 22.3 Å². The molecule has 3 rings (SSSR count). The maximum atomic E-state index is 12.2. The average Bonchev–Trinajstić information content (AvgIpc) is 2.99. The van der Waals surface area contributed by atoms with Gasteiger partial charge in [-0.1, -0.05) is 48.5 Å². The number of carbonyl (C=O) groups excluding carboxylic acids is 2. The Balaban J connectivity index is 1.64. The van der Waals surface area contributed by atoms with Crippen molar-refractivity contribution in [1.29, 1.82) is 0 Å². The van der Waals surface area contributed by atoms with Crippen LogP contribution in [0.15, 0.2) is 48.5 Å². The van der Waals surface area contributed by atoms with Gasteiger partial charge in [0.05, 0.1) is 12.5 Å². The molecule has 7 nitrogen and oxygen atoms in total. The Morgan fingerprint density at radius 2 is 1.55 bits per heavy atom. The Kier molecular flexibility index (Phi) is 6.16. The van der Waals surface area contributed by atoms with Crippen LogP contribution in [0.3, 0.4) is 0 Å². The number of rotatable bonds is 7. The lowest BCUT2D eigenvalue weighted by atomic mass is 9.98. The number of fused-ring (bicyclic) bond motifs is 3. The zero-order chi connectivity index (χ0) is 21.0. The van der Waals surface area contributed by atoms with Crippen molar-refractivity contribution in [2.24, 2.45) is 0 Å². The Morgan fingerprint density at radius 3 is 2.07 bits per heavy atom. The van der Waals surface area contributed by atoms with E-state index >= 15 is 0 Å². The van der Waals surface area contributed by atoms with Crippen LogP contribution >= 0.6 is 0 Å². The SMILES string of the molecule is CC(C)OC(=O)CC(NC(=O)OCC1c2ccccc2-c2ccccc21)C(=O)O. The number of carbonyl (C=O) groups is 3. The number of carboxylic acids is 1. The molecule has 1 amide bonds. The van der Waals surface area contributed by atoms with Gasteiger partial charge in [0.15, 0.2) is 0 Å². The third-order valence-corrected chi connectivity index (χ3v) is 4.67. The lowest BCUT2D eigenvalue weighted by Gasteiger charge is -2.17. The van der Waals surface area contributed by atoms with Crippen LogP contribution in [0.5, 0.6) is 0 Å². The number of nitrogens with one attached hydrogen (secondary N) is 1. The van der Waals surface area contributed by atoms with E-state index in [0.29, 0.717) is 0 Å². The molecule has 1 atom stereocenters. The molecule has 2 N–H and O–H groups in total. The van der Waals surface area contributed by atoms with E-state index in [9.17, 15) is 19.5 Å². The average molecular weight is 397 g/mol. The molecule has 0 radical (unpaired) electrons. The van der Waals surface area contributed by atoms with Crippen LogP contribution in [-0.2, 0) is 19.1 Å². The predicted octanol–water partition coefficient (Wildman–Crippen LogP) is 3.32. The molecule has 152 valence electrons. The van der Waals surface area contributed by atoms with Crippen molar-refractivity contribution in [3.8, 4) is 11.1 Å². The number of hydrogen-bond donors (Lipinski definition) is 2. The summed E-state index contributed by atoms with van der Waals surface area (Å²) in [5.41, 5.74) is 4.29. The molecule has 0 aliphatic heterocycles. The van der Waals surface area contributed by atoms with Crippen molar-refractivity contribution in [3.63, 3.8) is 0 Å². The minimum Gasteiger partial charge on any atom is -0.480 e. The molecule has 1 unspecified atom stereocenters. The number of benzene rings is 2. The highest BCUT2D eigenvalue weighted by Gasteiger charge is 2.30. The summed E-state index contributed by atoms with van der Waals surface area (Å²) in [4.78, 5) is 35.3. The fourth-order valence-corrected chi connectivity index (χ4v) is 3.46. The van der Waals surface area contributed by atoms with Gasteiger partial charge in [0.2, 0.25) is 0 Å². The fraction of sp³-hybridized carbons (Fsp3) is 0.318. The monoisotopic (exact) mass is 397 g/mol. The van der Waals surface area contributed by atoms with Crippen LogP contribution in [0.4, 0.5) is 4.79 Å². The number of hydrogen-bond acceptors (Lipinski definition) is 5. The zero-order valence-corrected chi connectivity index (χ0v) is 16.3. The zero-order valence-electron chi connectivity index (χ0n) is 16.3. The van der Waals surface area contributed by atoms with E-state index in [2.05, 4.69) is 5.32 Å². The van der Waals surface area contributed by atoms with E-state index in [4.69, 9.17) is 9.47 Å². The molecule has 0 aromatic heterocycles. The standard InChI is InChI=1S/C22H23NO6/c1-13(2)29-20(24)11-19(21(25)26)23-22(27)28-12-18-16-9-5-3-7-14(16)15-8-4-6-10-17(15)18/h3-10,13,18-19H,11-12H2,1-2H3,(H,23,27)(H,25,26). The first-order chi connectivity index (χ1) is 13.9. The molecule has 0 saturated heterocycles. The van der Waals surface area contributed by atoms with Gasteiger partial charge in [0.1, 0.15) is 12.6 Å². The van der Waals surface area contributed by atoms with E-state index in [1.54, 1.807) is 13.8 Å². The second-order valence-electron chi connectivity index (χ2n) is 7.10. The van der Waals surface area contributed by atoms with Gasteiger partial charge in [-0.25, -0.2) is 9.59 Å². The minimum atomic E-state index is -1.42.